The van der Waals surface area contributed by atoms with Gasteiger partial charge in [0.15, 0.2) is 0 Å². The Morgan fingerprint density at radius 1 is 1.40 bits per heavy atom. The number of rotatable bonds is 3. The van der Waals surface area contributed by atoms with E-state index in [2.05, 4.69) is 17.3 Å². The van der Waals surface area contributed by atoms with Crippen LogP contribution in [0, 0.1) is 5.92 Å². The number of nitrogens with zero attached hydrogens (tertiary/aromatic N) is 1. The molecule has 2 atom stereocenters. The molecule has 1 aliphatic rings. The van der Waals surface area contributed by atoms with Crippen molar-refractivity contribution >= 4 is 17.3 Å². The average Bonchev–Trinajstić information content (AvgIpc) is 2.99. The van der Waals surface area contributed by atoms with Crippen LogP contribution in [0.3, 0.4) is 0 Å². The molecule has 0 aromatic heterocycles. The first-order valence-corrected chi connectivity index (χ1v) is 5.43. The maximum Gasteiger partial charge on any atom is 0.106 e. The lowest BCUT2D eigenvalue weighted by Crippen LogP contribution is -1.97. The van der Waals surface area contributed by atoms with E-state index in [-0.39, 0.29) is 0 Å². The largest absolute Gasteiger partial charge is 0.399 e. The molecule has 0 N–H and O–H groups in total. The van der Waals surface area contributed by atoms with E-state index >= 15 is 0 Å². The molecular weight excluding hydrogens is 210 g/mol. The highest BCUT2D eigenvalue weighted by molar-refractivity contribution is 6.30. The summed E-state index contributed by atoms with van der Waals surface area (Å²) in [5, 5.41) is 4.76. The van der Waals surface area contributed by atoms with Gasteiger partial charge in [-0.3, -0.25) is 0 Å². The van der Waals surface area contributed by atoms with E-state index in [4.69, 9.17) is 16.4 Å². The quantitative estimate of drug-likeness (QED) is 0.568. The van der Waals surface area contributed by atoms with E-state index in [0.29, 0.717) is 11.8 Å². The highest BCUT2D eigenvalue weighted by Crippen LogP contribution is 2.48. The highest BCUT2D eigenvalue weighted by atomic mass is 35.5. The molecule has 1 aromatic rings. The zero-order chi connectivity index (χ0) is 10.8. The van der Waals surface area contributed by atoms with Gasteiger partial charge in [-0.2, -0.15) is 0 Å². The lowest BCUT2D eigenvalue weighted by atomic mass is 10.1. The van der Waals surface area contributed by atoms with Crippen LogP contribution < -0.4 is 0 Å². The average molecular weight is 224 g/mol. The van der Waals surface area contributed by atoms with E-state index in [1.807, 2.05) is 19.1 Å². The second-order valence-electron chi connectivity index (χ2n) is 3.92. The molecule has 0 radical (unpaired) electrons. The summed E-state index contributed by atoms with van der Waals surface area (Å²) < 4.78 is 0. The summed E-state index contributed by atoms with van der Waals surface area (Å²) >= 11 is 5.84. The van der Waals surface area contributed by atoms with Crippen molar-refractivity contribution in [2.45, 2.75) is 19.3 Å². The smallest absolute Gasteiger partial charge is 0.106 e. The van der Waals surface area contributed by atoms with E-state index in [9.17, 15) is 0 Å². The van der Waals surface area contributed by atoms with Gasteiger partial charge >= 0.3 is 0 Å². The molecule has 2 rings (SSSR count). The SMILES string of the molecule is CON=C(C)[C@@H]1C[C@H]1c1ccc(Cl)cc1. The summed E-state index contributed by atoms with van der Waals surface area (Å²) in [5.41, 5.74) is 2.42. The minimum absolute atomic E-state index is 0.547. The number of oxime groups is 1. The predicted molar refractivity (Wildman–Crippen MR) is 62.4 cm³/mol. The van der Waals surface area contributed by atoms with Crippen molar-refractivity contribution in [3.8, 4) is 0 Å². The minimum atomic E-state index is 0.547. The van der Waals surface area contributed by atoms with Crippen LogP contribution in [0.15, 0.2) is 29.4 Å². The van der Waals surface area contributed by atoms with Gasteiger partial charge in [0.1, 0.15) is 7.11 Å². The third kappa shape index (κ3) is 2.32. The Morgan fingerprint density at radius 3 is 2.67 bits per heavy atom. The number of hydrogen-bond acceptors (Lipinski definition) is 2. The summed E-state index contributed by atoms with van der Waals surface area (Å²) in [6, 6.07) is 8.06. The molecule has 1 aliphatic carbocycles. The predicted octanol–water partition coefficient (Wildman–Crippen LogP) is 3.47. The topological polar surface area (TPSA) is 21.6 Å². The molecule has 15 heavy (non-hydrogen) atoms. The van der Waals surface area contributed by atoms with Crippen LogP contribution in [0.5, 0.6) is 0 Å². The van der Waals surface area contributed by atoms with Crippen LogP contribution in [-0.2, 0) is 4.84 Å². The summed E-state index contributed by atoms with van der Waals surface area (Å²) in [6.07, 6.45) is 1.17. The Hall–Kier alpha value is -1.02. The van der Waals surface area contributed by atoms with Crippen LogP contribution in [0.25, 0.3) is 0 Å². The van der Waals surface area contributed by atoms with Crippen molar-refractivity contribution in [3.63, 3.8) is 0 Å². The third-order valence-corrected chi connectivity index (χ3v) is 3.11. The Labute approximate surface area is 94.9 Å². The molecule has 0 spiro atoms. The molecule has 3 heteroatoms. The first-order chi connectivity index (χ1) is 7.22. The standard InChI is InChI=1S/C12H14ClNO/c1-8(14-15-2)11-7-12(11)9-3-5-10(13)6-4-9/h3-6,11-12H,7H2,1-2H3/t11-,12-/m0/s1. The molecule has 0 bridgehead atoms. The monoisotopic (exact) mass is 223 g/mol. The fourth-order valence-corrected chi connectivity index (χ4v) is 2.07. The molecule has 0 saturated heterocycles. The molecule has 0 unspecified atom stereocenters. The van der Waals surface area contributed by atoms with Gasteiger partial charge in [0.2, 0.25) is 0 Å². The van der Waals surface area contributed by atoms with Crippen molar-refractivity contribution < 1.29 is 4.84 Å². The van der Waals surface area contributed by atoms with Crippen molar-refractivity contribution in [2.75, 3.05) is 7.11 Å². The first kappa shape index (κ1) is 10.5. The van der Waals surface area contributed by atoms with Gasteiger partial charge in [-0.25, -0.2) is 0 Å². The lowest BCUT2D eigenvalue weighted by Gasteiger charge is -2.00. The first-order valence-electron chi connectivity index (χ1n) is 5.05. The maximum atomic E-state index is 5.84. The van der Waals surface area contributed by atoms with E-state index in [1.165, 1.54) is 12.0 Å². The van der Waals surface area contributed by atoms with Crippen molar-refractivity contribution in [1.29, 1.82) is 0 Å². The molecule has 0 heterocycles. The number of halogens is 1. The molecule has 0 amide bonds. The van der Waals surface area contributed by atoms with Crippen LogP contribution >= 0.6 is 11.6 Å². The Bertz CT molecular complexity index is 372. The fourth-order valence-electron chi connectivity index (χ4n) is 1.95. The van der Waals surface area contributed by atoms with E-state index in [1.54, 1.807) is 7.11 Å². The third-order valence-electron chi connectivity index (χ3n) is 2.86. The zero-order valence-corrected chi connectivity index (χ0v) is 9.66. The van der Waals surface area contributed by atoms with Gasteiger partial charge in [0.05, 0.1) is 5.71 Å². The van der Waals surface area contributed by atoms with Crippen LogP contribution in [-0.4, -0.2) is 12.8 Å². The van der Waals surface area contributed by atoms with Gasteiger partial charge in [-0.15, -0.1) is 0 Å². The number of hydrogen-bond donors (Lipinski definition) is 0. The second kappa shape index (κ2) is 4.23. The second-order valence-corrected chi connectivity index (χ2v) is 4.35. The summed E-state index contributed by atoms with van der Waals surface area (Å²) in [5.74, 6) is 1.15. The van der Waals surface area contributed by atoms with Crippen LogP contribution in [0.1, 0.15) is 24.8 Å². The van der Waals surface area contributed by atoms with E-state index < -0.39 is 0 Å². The normalized spacial score (nSPS) is 25.1. The minimum Gasteiger partial charge on any atom is -0.399 e. The van der Waals surface area contributed by atoms with Gasteiger partial charge in [-0.1, -0.05) is 28.9 Å². The van der Waals surface area contributed by atoms with Gasteiger partial charge in [-0.05, 0) is 37.0 Å². The molecular formula is C12H14ClNO. The highest BCUT2D eigenvalue weighted by Gasteiger charge is 2.40. The van der Waals surface area contributed by atoms with Crippen molar-refractivity contribution in [2.24, 2.45) is 11.1 Å². The summed E-state index contributed by atoms with van der Waals surface area (Å²) in [6.45, 7) is 2.02. The van der Waals surface area contributed by atoms with Crippen LogP contribution in [0.2, 0.25) is 5.02 Å². The van der Waals surface area contributed by atoms with Gasteiger partial charge < -0.3 is 4.84 Å². The number of benzene rings is 1. The molecule has 1 aromatic carbocycles. The molecule has 0 aliphatic heterocycles. The molecule has 2 nitrogen and oxygen atoms in total. The van der Waals surface area contributed by atoms with Gasteiger partial charge in [0, 0.05) is 10.9 Å². The van der Waals surface area contributed by atoms with E-state index in [0.717, 1.165) is 10.7 Å². The lowest BCUT2D eigenvalue weighted by molar-refractivity contribution is 0.212. The van der Waals surface area contributed by atoms with Crippen molar-refractivity contribution in [3.05, 3.63) is 34.9 Å². The Morgan fingerprint density at radius 2 is 2.07 bits per heavy atom. The Kier molecular flexibility index (Phi) is 2.96. The molecule has 80 valence electrons. The summed E-state index contributed by atoms with van der Waals surface area (Å²) in [7, 11) is 1.59. The van der Waals surface area contributed by atoms with Crippen molar-refractivity contribution in [1.82, 2.24) is 0 Å². The fraction of sp³-hybridized carbons (Fsp3) is 0.417. The molecule has 1 fully saturated rings. The summed E-state index contributed by atoms with van der Waals surface area (Å²) in [4.78, 5) is 4.78. The van der Waals surface area contributed by atoms with Gasteiger partial charge in [0.25, 0.3) is 0 Å². The van der Waals surface area contributed by atoms with Crippen LogP contribution in [0.4, 0.5) is 0 Å². The maximum absolute atomic E-state index is 5.84. The zero-order valence-electron chi connectivity index (χ0n) is 8.90. The Balaban J connectivity index is 2.05. The molecule has 1 saturated carbocycles.